The van der Waals surface area contributed by atoms with Crippen molar-refractivity contribution >= 4 is 0 Å². The zero-order chi connectivity index (χ0) is 12.8. The number of phenolic OH excluding ortho intramolecular Hbond substituents is 1. The minimum Gasteiger partial charge on any atom is -0.502 e. The molecular weight excluding hydrogens is 232 g/mol. The van der Waals surface area contributed by atoms with Crippen molar-refractivity contribution in [2.75, 3.05) is 14.2 Å². The molecule has 1 saturated carbocycles. The van der Waals surface area contributed by atoms with Gasteiger partial charge in [0.05, 0.1) is 14.2 Å². The number of alkyl halides is 2. The van der Waals surface area contributed by atoms with Gasteiger partial charge in [0.15, 0.2) is 11.5 Å². The third kappa shape index (κ3) is 1.59. The van der Waals surface area contributed by atoms with Crippen LogP contribution in [0, 0.1) is 0 Å². The van der Waals surface area contributed by atoms with Crippen LogP contribution < -0.4 is 15.2 Å². The van der Waals surface area contributed by atoms with E-state index in [1.165, 1.54) is 26.4 Å². The van der Waals surface area contributed by atoms with Crippen LogP contribution in [0.1, 0.15) is 12.0 Å². The summed E-state index contributed by atoms with van der Waals surface area (Å²) in [6, 6.07) is 2.61. The quantitative estimate of drug-likeness (QED) is 0.849. The predicted molar refractivity (Wildman–Crippen MR) is 56.6 cm³/mol. The van der Waals surface area contributed by atoms with E-state index in [1.54, 1.807) is 0 Å². The Morgan fingerprint density at radius 2 is 1.65 bits per heavy atom. The summed E-state index contributed by atoms with van der Waals surface area (Å²) in [7, 11) is 2.65. The molecule has 0 aromatic heterocycles. The van der Waals surface area contributed by atoms with Crippen molar-refractivity contribution in [3.8, 4) is 17.2 Å². The number of hydrogen-bond acceptors (Lipinski definition) is 4. The largest absolute Gasteiger partial charge is 0.502 e. The number of methoxy groups -OCH3 is 2. The molecule has 1 aromatic carbocycles. The topological polar surface area (TPSA) is 64.7 Å². The number of ether oxygens (including phenoxy) is 2. The maximum atomic E-state index is 13.2. The molecule has 0 aliphatic heterocycles. The molecule has 0 radical (unpaired) electrons. The van der Waals surface area contributed by atoms with Gasteiger partial charge in [-0.25, -0.2) is 8.78 Å². The lowest BCUT2D eigenvalue weighted by atomic mass is 10.0. The molecule has 17 heavy (non-hydrogen) atoms. The number of halogens is 2. The molecule has 0 spiro atoms. The molecule has 1 atom stereocenters. The molecule has 1 fully saturated rings. The van der Waals surface area contributed by atoms with Gasteiger partial charge in [0, 0.05) is 6.42 Å². The van der Waals surface area contributed by atoms with E-state index in [4.69, 9.17) is 15.2 Å². The number of phenols is 1. The molecular formula is C11H13F2NO3. The Balaban J connectivity index is 2.50. The van der Waals surface area contributed by atoms with Crippen molar-refractivity contribution < 1.29 is 23.4 Å². The van der Waals surface area contributed by atoms with Crippen LogP contribution in [0.5, 0.6) is 17.2 Å². The van der Waals surface area contributed by atoms with Gasteiger partial charge in [0.25, 0.3) is 5.92 Å². The average molecular weight is 245 g/mol. The number of rotatable bonds is 3. The summed E-state index contributed by atoms with van der Waals surface area (Å²) in [5.41, 5.74) is 4.10. The second-order valence-corrected chi connectivity index (χ2v) is 4.08. The van der Waals surface area contributed by atoms with E-state index in [1.807, 2.05) is 0 Å². The zero-order valence-electron chi connectivity index (χ0n) is 9.46. The minimum absolute atomic E-state index is 0.0619. The van der Waals surface area contributed by atoms with Gasteiger partial charge in [-0.15, -0.1) is 0 Å². The third-order valence-electron chi connectivity index (χ3n) is 3.02. The van der Waals surface area contributed by atoms with Crippen LogP contribution >= 0.6 is 0 Å². The standard InChI is InChI=1S/C11H13F2NO3/c1-16-7-3-6(4-8(17-2)9(7)15)10(14)5-11(10,12)13/h3-4,15H,5,14H2,1-2H3. The van der Waals surface area contributed by atoms with Crippen molar-refractivity contribution in [1.29, 1.82) is 0 Å². The smallest absolute Gasteiger partial charge is 0.272 e. The summed E-state index contributed by atoms with van der Waals surface area (Å²) < 4.78 is 36.1. The van der Waals surface area contributed by atoms with Gasteiger partial charge in [-0.05, 0) is 17.7 Å². The highest BCUT2D eigenvalue weighted by Crippen LogP contribution is 2.59. The molecule has 3 N–H and O–H groups in total. The first-order chi connectivity index (χ1) is 7.85. The van der Waals surface area contributed by atoms with Crippen molar-refractivity contribution in [2.45, 2.75) is 17.9 Å². The molecule has 1 unspecified atom stereocenters. The molecule has 0 amide bonds. The van der Waals surface area contributed by atoms with Gasteiger partial charge >= 0.3 is 0 Å². The highest BCUT2D eigenvalue weighted by atomic mass is 19.3. The van der Waals surface area contributed by atoms with Gasteiger partial charge in [-0.3, -0.25) is 0 Å². The molecule has 94 valence electrons. The molecule has 1 aromatic rings. The van der Waals surface area contributed by atoms with Gasteiger partial charge in [-0.1, -0.05) is 0 Å². The van der Waals surface area contributed by atoms with E-state index < -0.39 is 17.9 Å². The van der Waals surface area contributed by atoms with Gasteiger partial charge in [0.2, 0.25) is 5.75 Å². The Hall–Kier alpha value is -1.56. The van der Waals surface area contributed by atoms with E-state index in [2.05, 4.69) is 0 Å². The van der Waals surface area contributed by atoms with Crippen molar-refractivity contribution in [3.05, 3.63) is 17.7 Å². The molecule has 1 aliphatic rings. The summed E-state index contributed by atoms with van der Waals surface area (Å²) >= 11 is 0. The summed E-state index contributed by atoms with van der Waals surface area (Å²) in [4.78, 5) is 0. The second kappa shape index (κ2) is 3.46. The maximum absolute atomic E-state index is 13.2. The van der Waals surface area contributed by atoms with Crippen LogP contribution in [-0.4, -0.2) is 25.2 Å². The molecule has 2 rings (SSSR count). The van der Waals surface area contributed by atoms with Crippen LogP contribution in [0.4, 0.5) is 8.78 Å². The molecule has 0 saturated heterocycles. The van der Waals surface area contributed by atoms with E-state index in [9.17, 15) is 13.9 Å². The van der Waals surface area contributed by atoms with Crippen LogP contribution in [0.15, 0.2) is 12.1 Å². The first kappa shape index (κ1) is 11.9. The summed E-state index contributed by atoms with van der Waals surface area (Å²) in [6.07, 6.45) is -0.420. The van der Waals surface area contributed by atoms with Crippen molar-refractivity contribution in [2.24, 2.45) is 5.73 Å². The number of nitrogens with two attached hydrogens (primary N) is 1. The first-order valence-electron chi connectivity index (χ1n) is 4.98. The predicted octanol–water partition coefficient (Wildman–Crippen LogP) is 1.60. The first-order valence-corrected chi connectivity index (χ1v) is 4.98. The van der Waals surface area contributed by atoms with Gasteiger partial charge in [-0.2, -0.15) is 0 Å². The van der Waals surface area contributed by atoms with Crippen LogP contribution in [-0.2, 0) is 5.54 Å². The minimum atomic E-state index is -2.93. The Bertz CT molecular complexity index is 439. The highest BCUT2D eigenvalue weighted by Gasteiger charge is 2.70. The lowest BCUT2D eigenvalue weighted by Gasteiger charge is -2.15. The normalized spacial score (nSPS) is 25.5. The Labute approximate surface area is 96.9 Å². The molecule has 0 heterocycles. The van der Waals surface area contributed by atoms with E-state index in [0.29, 0.717) is 0 Å². The third-order valence-corrected chi connectivity index (χ3v) is 3.02. The second-order valence-electron chi connectivity index (χ2n) is 4.08. The number of benzene rings is 1. The molecule has 4 nitrogen and oxygen atoms in total. The van der Waals surface area contributed by atoms with Gasteiger partial charge in [0.1, 0.15) is 5.54 Å². The summed E-state index contributed by atoms with van der Waals surface area (Å²) in [5, 5.41) is 9.65. The zero-order valence-corrected chi connectivity index (χ0v) is 9.46. The lowest BCUT2D eigenvalue weighted by Crippen LogP contribution is -2.27. The van der Waals surface area contributed by atoms with Gasteiger partial charge < -0.3 is 20.3 Å². The Kier molecular flexibility index (Phi) is 2.43. The summed E-state index contributed by atoms with van der Waals surface area (Å²) in [5.74, 6) is -3.04. The van der Waals surface area contributed by atoms with Crippen molar-refractivity contribution in [1.82, 2.24) is 0 Å². The number of hydrogen-bond donors (Lipinski definition) is 2. The van der Waals surface area contributed by atoms with Crippen LogP contribution in [0.25, 0.3) is 0 Å². The Morgan fingerprint density at radius 3 is 1.94 bits per heavy atom. The fraction of sp³-hybridized carbons (Fsp3) is 0.455. The molecule has 1 aliphatic carbocycles. The maximum Gasteiger partial charge on any atom is 0.272 e. The summed E-state index contributed by atoms with van der Waals surface area (Å²) in [6.45, 7) is 0. The average Bonchev–Trinajstić information content (AvgIpc) is 2.79. The fourth-order valence-electron chi connectivity index (χ4n) is 1.77. The van der Waals surface area contributed by atoms with Crippen LogP contribution in [0.2, 0.25) is 0 Å². The van der Waals surface area contributed by atoms with E-state index >= 15 is 0 Å². The number of aromatic hydroxyl groups is 1. The molecule has 6 heteroatoms. The van der Waals surface area contributed by atoms with Crippen molar-refractivity contribution in [3.63, 3.8) is 0 Å². The van der Waals surface area contributed by atoms with E-state index in [-0.39, 0.29) is 22.8 Å². The van der Waals surface area contributed by atoms with E-state index in [0.717, 1.165) is 0 Å². The molecule has 0 bridgehead atoms. The fourth-order valence-corrected chi connectivity index (χ4v) is 1.77. The Morgan fingerprint density at radius 1 is 1.24 bits per heavy atom. The van der Waals surface area contributed by atoms with Crippen LogP contribution in [0.3, 0.4) is 0 Å². The monoisotopic (exact) mass is 245 g/mol. The highest BCUT2D eigenvalue weighted by molar-refractivity contribution is 5.56. The SMILES string of the molecule is COc1cc(C2(N)CC2(F)F)cc(OC)c1O. The lowest BCUT2D eigenvalue weighted by molar-refractivity contribution is 0.0890.